The number of rotatable bonds is 2. The molecule has 4 rings (SSSR count). The van der Waals surface area contributed by atoms with E-state index in [0.717, 1.165) is 22.3 Å². The number of benzene rings is 4. The van der Waals surface area contributed by atoms with Crippen molar-refractivity contribution in [3.8, 4) is 0 Å². The van der Waals surface area contributed by atoms with Crippen LogP contribution in [0.15, 0.2) is 109 Å². The Kier molecular flexibility index (Phi) is 18.9. The summed E-state index contributed by atoms with van der Waals surface area (Å²) >= 11 is 19.5. The quantitative estimate of drug-likeness (QED) is 0.126. The number of thiocarbonyl (C=S) groups is 2. The van der Waals surface area contributed by atoms with E-state index in [0.29, 0.717) is 8.39 Å². The Hall–Kier alpha value is -1.58. The van der Waals surface area contributed by atoms with Gasteiger partial charge in [-0.15, -0.1) is 8.39 Å². The SMILES string of the molecule is Cc1ccccc1C(=S)[S-].Cc1ccccc1C(=S)[S-].[Pb+2].[c]1ccccc1.[c]1ccccc1. The fourth-order valence-corrected chi connectivity index (χ4v) is 3.20. The topological polar surface area (TPSA) is 0 Å². The van der Waals surface area contributed by atoms with Gasteiger partial charge in [0.05, 0.1) is 0 Å². The van der Waals surface area contributed by atoms with Crippen molar-refractivity contribution in [2.75, 3.05) is 0 Å². The third kappa shape index (κ3) is 15.0. The van der Waals surface area contributed by atoms with Gasteiger partial charge in [0.1, 0.15) is 0 Å². The zero-order valence-corrected chi connectivity index (χ0v) is 25.7. The van der Waals surface area contributed by atoms with Crippen molar-refractivity contribution in [3.05, 3.63) is 144 Å². The van der Waals surface area contributed by atoms with Crippen LogP contribution in [0, 0.1) is 26.0 Å². The van der Waals surface area contributed by atoms with E-state index in [1.165, 1.54) is 0 Å². The maximum absolute atomic E-state index is 4.86. The molecule has 0 fully saturated rings. The summed E-state index contributed by atoms with van der Waals surface area (Å²) in [7, 11) is 0. The van der Waals surface area contributed by atoms with E-state index in [2.05, 4.69) is 12.1 Å². The largest absolute Gasteiger partial charge is 2.00 e. The molecule has 0 saturated heterocycles. The molecule has 0 aliphatic carbocycles. The molecule has 164 valence electrons. The Morgan fingerprint density at radius 3 is 1.00 bits per heavy atom. The van der Waals surface area contributed by atoms with E-state index in [1.54, 1.807) is 0 Å². The van der Waals surface area contributed by atoms with Crippen molar-refractivity contribution >= 4 is 85.4 Å². The molecule has 33 heavy (non-hydrogen) atoms. The van der Waals surface area contributed by atoms with Crippen LogP contribution in [0.5, 0.6) is 0 Å². The maximum Gasteiger partial charge on any atom is 2.00 e. The molecule has 0 bridgehead atoms. The smallest absolute Gasteiger partial charge is 0.428 e. The van der Waals surface area contributed by atoms with Crippen molar-refractivity contribution < 1.29 is 0 Å². The summed E-state index contributed by atoms with van der Waals surface area (Å²) in [5, 5.41) is 0. The third-order valence-electron chi connectivity index (χ3n) is 3.94. The molecule has 0 amide bonds. The Morgan fingerprint density at radius 1 is 0.545 bits per heavy atom. The van der Waals surface area contributed by atoms with Crippen LogP contribution in [0.25, 0.3) is 0 Å². The van der Waals surface area contributed by atoms with Crippen LogP contribution < -0.4 is 0 Å². The van der Waals surface area contributed by atoms with E-state index in [-0.39, 0.29) is 27.3 Å². The van der Waals surface area contributed by atoms with E-state index in [9.17, 15) is 0 Å². The van der Waals surface area contributed by atoms with Gasteiger partial charge >= 0.3 is 27.3 Å². The Morgan fingerprint density at radius 2 is 0.848 bits per heavy atom. The summed E-state index contributed by atoms with van der Waals surface area (Å²) in [5.41, 5.74) is 4.32. The van der Waals surface area contributed by atoms with E-state index >= 15 is 0 Å². The first-order valence-corrected chi connectivity index (χ1v) is 11.4. The second-order valence-corrected chi connectivity index (χ2v) is 8.51. The van der Waals surface area contributed by atoms with Crippen LogP contribution in [-0.2, 0) is 25.3 Å². The first-order valence-electron chi connectivity index (χ1n) is 9.79. The molecule has 4 aromatic carbocycles. The molecule has 0 aromatic heterocycles. The van der Waals surface area contributed by atoms with Gasteiger partial charge in [-0.3, -0.25) is 0 Å². The fourth-order valence-electron chi connectivity index (χ4n) is 2.29. The number of hydrogen-bond donors (Lipinski definition) is 0. The standard InChI is InChI=1S/2C8H8S2.2C6H5.Pb/c2*1-6-4-2-3-5-7(6)8(9)10;2*1-2-4-6-5-3-1;/h2*2-5H,1H3,(H,9,10);2*1-5H;/q;;;;+2/p-2. The fraction of sp³-hybridized carbons (Fsp3) is 0.0714. The molecular weight excluding hydrogens is 672 g/mol. The van der Waals surface area contributed by atoms with Gasteiger partial charge in [-0.25, -0.2) is 0 Å². The van der Waals surface area contributed by atoms with E-state index < -0.39 is 0 Å². The van der Waals surface area contributed by atoms with Crippen molar-refractivity contribution in [1.82, 2.24) is 0 Å². The van der Waals surface area contributed by atoms with Gasteiger partial charge in [0.25, 0.3) is 0 Å². The van der Waals surface area contributed by atoms with Gasteiger partial charge in [-0.1, -0.05) is 109 Å². The molecule has 0 aliphatic heterocycles. The second kappa shape index (κ2) is 19.9. The molecule has 0 saturated carbocycles. The van der Waals surface area contributed by atoms with Gasteiger partial charge in [0.2, 0.25) is 0 Å². The first kappa shape index (κ1) is 31.4. The molecular formula is C28H24PbS4. The summed E-state index contributed by atoms with van der Waals surface area (Å²) in [6.07, 6.45) is 0. The third-order valence-corrected chi connectivity index (χ3v) is 4.82. The Labute approximate surface area is 240 Å². The minimum Gasteiger partial charge on any atom is -0.428 e. The minimum absolute atomic E-state index is 0. The first-order chi connectivity index (χ1) is 15.4. The molecule has 0 unspecified atom stereocenters. The van der Waals surface area contributed by atoms with Gasteiger partial charge in [-0.05, 0) is 48.2 Å². The van der Waals surface area contributed by atoms with Crippen LogP contribution in [0.1, 0.15) is 22.3 Å². The van der Waals surface area contributed by atoms with Crippen LogP contribution in [-0.4, -0.2) is 35.7 Å². The zero-order valence-electron chi connectivity index (χ0n) is 18.5. The molecule has 4 radical (unpaired) electrons. The molecule has 0 nitrogen and oxygen atoms in total. The Balaban J connectivity index is 0.000000420. The van der Waals surface area contributed by atoms with Crippen LogP contribution in [0.4, 0.5) is 0 Å². The van der Waals surface area contributed by atoms with Gasteiger partial charge in [-0.2, -0.15) is 0 Å². The summed E-state index contributed by atoms with van der Waals surface area (Å²) in [5.74, 6) is 0. The molecule has 0 aliphatic rings. The number of hydrogen-bond acceptors (Lipinski definition) is 4. The van der Waals surface area contributed by atoms with Crippen molar-refractivity contribution in [3.63, 3.8) is 0 Å². The normalized spacial score (nSPS) is 8.55. The van der Waals surface area contributed by atoms with Crippen LogP contribution in [0.3, 0.4) is 0 Å². The summed E-state index contributed by atoms with van der Waals surface area (Å²) < 4.78 is 1.11. The Bertz CT molecular complexity index is 911. The monoisotopic (exact) mass is 696 g/mol. The van der Waals surface area contributed by atoms with E-state index in [4.69, 9.17) is 49.7 Å². The molecule has 0 spiro atoms. The minimum atomic E-state index is 0. The van der Waals surface area contributed by atoms with Gasteiger partial charge in [0.15, 0.2) is 0 Å². The maximum atomic E-state index is 4.86. The predicted molar refractivity (Wildman–Crippen MR) is 157 cm³/mol. The van der Waals surface area contributed by atoms with Gasteiger partial charge in [0, 0.05) is 0 Å². The van der Waals surface area contributed by atoms with Gasteiger partial charge < -0.3 is 49.7 Å². The molecule has 0 N–H and O–H groups in total. The van der Waals surface area contributed by atoms with Crippen molar-refractivity contribution in [2.45, 2.75) is 13.8 Å². The molecule has 0 atom stereocenters. The van der Waals surface area contributed by atoms with Crippen molar-refractivity contribution in [2.24, 2.45) is 0 Å². The van der Waals surface area contributed by atoms with E-state index in [1.807, 2.05) is 123 Å². The summed E-state index contributed by atoms with van der Waals surface area (Å²) in [6, 6.07) is 40.8. The predicted octanol–water partition coefficient (Wildman–Crippen LogP) is 7.03. The average molecular weight is 696 g/mol. The zero-order chi connectivity index (χ0) is 23.6. The van der Waals surface area contributed by atoms with Crippen molar-refractivity contribution in [1.29, 1.82) is 0 Å². The van der Waals surface area contributed by atoms with Crippen LogP contribution >= 0.6 is 24.4 Å². The molecule has 0 heterocycles. The summed E-state index contributed by atoms with van der Waals surface area (Å²) in [6.45, 7) is 4.02. The molecule has 4 aromatic rings. The molecule has 5 heteroatoms. The summed E-state index contributed by atoms with van der Waals surface area (Å²) in [4.78, 5) is 0. The second-order valence-electron chi connectivity index (χ2n) is 6.36. The van der Waals surface area contributed by atoms with Crippen LogP contribution in [0.2, 0.25) is 0 Å². The number of aryl methyl sites for hydroxylation is 2. The average Bonchev–Trinajstić information content (AvgIpc) is 2.83.